The van der Waals surface area contributed by atoms with Crippen LogP contribution in [-0.2, 0) is 0 Å². The Labute approximate surface area is 164 Å². The molecule has 1 aromatic heterocycles. The predicted molar refractivity (Wildman–Crippen MR) is 110 cm³/mol. The van der Waals surface area contributed by atoms with Gasteiger partial charge < -0.3 is 15.1 Å². The molecule has 0 spiro atoms. The standard InChI is InChI=1S/C22H38N2O3/c1-3-5-7-9-11-13-17-23-21(25)19-15-16-20(27-19)22(26)24-18-14-12-10-8-6-4-2/h15-16H,3-14,17-18H2,1-2H3,(H,23,25)(H,24,26). The summed E-state index contributed by atoms with van der Waals surface area (Å²) < 4.78 is 5.40. The fourth-order valence-corrected chi connectivity index (χ4v) is 2.97. The Bertz CT molecular complexity index is 481. The van der Waals surface area contributed by atoms with E-state index in [0.29, 0.717) is 13.1 Å². The van der Waals surface area contributed by atoms with E-state index in [4.69, 9.17) is 4.42 Å². The summed E-state index contributed by atoms with van der Waals surface area (Å²) >= 11 is 0. The lowest BCUT2D eigenvalue weighted by molar-refractivity contribution is 0.0900. The minimum atomic E-state index is -0.251. The topological polar surface area (TPSA) is 71.3 Å². The van der Waals surface area contributed by atoms with Crippen LogP contribution in [0.5, 0.6) is 0 Å². The van der Waals surface area contributed by atoms with Crippen LogP contribution in [-0.4, -0.2) is 24.9 Å². The quantitative estimate of drug-likeness (QED) is 0.375. The lowest BCUT2D eigenvalue weighted by Crippen LogP contribution is -2.25. The monoisotopic (exact) mass is 378 g/mol. The van der Waals surface area contributed by atoms with Gasteiger partial charge in [-0.25, -0.2) is 0 Å². The maximum atomic E-state index is 12.1. The van der Waals surface area contributed by atoms with Crippen molar-refractivity contribution in [3.8, 4) is 0 Å². The largest absolute Gasteiger partial charge is 0.446 e. The van der Waals surface area contributed by atoms with E-state index in [1.54, 1.807) is 12.1 Å². The van der Waals surface area contributed by atoms with Gasteiger partial charge in [0.05, 0.1) is 0 Å². The lowest BCUT2D eigenvalue weighted by Gasteiger charge is -2.04. The molecule has 0 aliphatic heterocycles. The molecule has 5 heteroatoms. The highest BCUT2D eigenvalue weighted by Crippen LogP contribution is 2.09. The van der Waals surface area contributed by atoms with Gasteiger partial charge in [0.1, 0.15) is 0 Å². The molecule has 0 bridgehead atoms. The maximum absolute atomic E-state index is 12.1. The molecule has 0 fully saturated rings. The first-order chi connectivity index (χ1) is 13.2. The number of amides is 2. The zero-order valence-electron chi connectivity index (χ0n) is 17.3. The summed E-state index contributed by atoms with van der Waals surface area (Å²) in [5.41, 5.74) is 0. The van der Waals surface area contributed by atoms with Gasteiger partial charge in [-0.3, -0.25) is 9.59 Å². The van der Waals surface area contributed by atoms with Crippen molar-refractivity contribution >= 4 is 11.8 Å². The summed E-state index contributed by atoms with van der Waals surface area (Å²) in [5.74, 6) is -0.103. The second-order valence-corrected chi connectivity index (χ2v) is 7.21. The van der Waals surface area contributed by atoms with Gasteiger partial charge in [0.25, 0.3) is 11.8 Å². The Hall–Kier alpha value is -1.78. The molecule has 1 heterocycles. The molecule has 2 N–H and O–H groups in total. The summed E-state index contributed by atoms with van der Waals surface area (Å²) in [5, 5.41) is 5.71. The number of nitrogens with one attached hydrogen (secondary N) is 2. The highest BCUT2D eigenvalue weighted by atomic mass is 16.4. The van der Waals surface area contributed by atoms with Crippen molar-refractivity contribution in [2.24, 2.45) is 0 Å². The van der Waals surface area contributed by atoms with Crippen LogP contribution >= 0.6 is 0 Å². The van der Waals surface area contributed by atoms with Gasteiger partial charge in [-0.15, -0.1) is 0 Å². The highest BCUT2D eigenvalue weighted by Gasteiger charge is 2.15. The molecule has 0 atom stereocenters. The van der Waals surface area contributed by atoms with Crippen LogP contribution in [0.25, 0.3) is 0 Å². The smallest absolute Gasteiger partial charge is 0.287 e. The summed E-state index contributed by atoms with van der Waals surface area (Å²) in [4.78, 5) is 24.1. The molecule has 1 rings (SSSR count). The van der Waals surface area contributed by atoms with Crippen LogP contribution in [0.2, 0.25) is 0 Å². The molecule has 5 nitrogen and oxygen atoms in total. The number of unbranched alkanes of at least 4 members (excludes halogenated alkanes) is 10. The van der Waals surface area contributed by atoms with E-state index in [1.165, 1.54) is 51.4 Å². The predicted octanol–water partition coefficient (Wildman–Crippen LogP) is 5.46. The Balaban J connectivity index is 2.17. The fraction of sp³-hybridized carbons (Fsp3) is 0.727. The van der Waals surface area contributed by atoms with Gasteiger partial charge in [-0.2, -0.15) is 0 Å². The minimum absolute atomic E-state index is 0.200. The van der Waals surface area contributed by atoms with Crippen molar-refractivity contribution in [3.05, 3.63) is 23.7 Å². The third-order valence-corrected chi connectivity index (χ3v) is 4.69. The number of furan rings is 1. The third-order valence-electron chi connectivity index (χ3n) is 4.69. The lowest BCUT2D eigenvalue weighted by atomic mass is 10.1. The normalized spacial score (nSPS) is 10.7. The summed E-state index contributed by atoms with van der Waals surface area (Å²) in [6, 6.07) is 3.13. The summed E-state index contributed by atoms with van der Waals surface area (Å²) in [6.45, 7) is 5.69. The molecule has 0 saturated carbocycles. The van der Waals surface area contributed by atoms with Gasteiger partial charge in [0.2, 0.25) is 0 Å². The zero-order valence-corrected chi connectivity index (χ0v) is 17.3. The SMILES string of the molecule is CCCCCCCCNC(=O)c1ccc(C(=O)NCCCCCCCC)o1. The van der Waals surface area contributed by atoms with Crippen molar-refractivity contribution < 1.29 is 14.0 Å². The molecule has 0 unspecified atom stereocenters. The van der Waals surface area contributed by atoms with Crippen LogP contribution in [0.15, 0.2) is 16.5 Å². The average molecular weight is 379 g/mol. The number of hydrogen-bond acceptors (Lipinski definition) is 3. The van der Waals surface area contributed by atoms with E-state index in [-0.39, 0.29) is 23.3 Å². The number of rotatable bonds is 16. The molecule has 2 amide bonds. The van der Waals surface area contributed by atoms with Crippen LogP contribution in [0, 0.1) is 0 Å². The van der Waals surface area contributed by atoms with Gasteiger partial charge in [-0.05, 0) is 25.0 Å². The van der Waals surface area contributed by atoms with E-state index in [0.717, 1.165) is 25.7 Å². The van der Waals surface area contributed by atoms with Gasteiger partial charge in [-0.1, -0.05) is 78.1 Å². The molecule has 0 saturated heterocycles. The van der Waals surface area contributed by atoms with E-state index < -0.39 is 0 Å². The first kappa shape index (κ1) is 23.3. The van der Waals surface area contributed by atoms with Crippen LogP contribution in [0.4, 0.5) is 0 Å². The van der Waals surface area contributed by atoms with Crippen molar-refractivity contribution in [2.45, 2.75) is 90.9 Å². The van der Waals surface area contributed by atoms with Gasteiger partial charge >= 0.3 is 0 Å². The van der Waals surface area contributed by atoms with E-state index in [2.05, 4.69) is 24.5 Å². The molecular weight excluding hydrogens is 340 g/mol. The van der Waals surface area contributed by atoms with Gasteiger partial charge in [0, 0.05) is 13.1 Å². The van der Waals surface area contributed by atoms with Crippen molar-refractivity contribution in [1.29, 1.82) is 0 Å². The summed E-state index contributed by atoms with van der Waals surface area (Å²) in [6.07, 6.45) is 14.2. The highest BCUT2D eigenvalue weighted by molar-refractivity contribution is 5.95. The first-order valence-corrected chi connectivity index (χ1v) is 10.8. The van der Waals surface area contributed by atoms with Crippen LogP contribution in [0.3, 0.4) is 0 Å². The molecule has 0 aliphatic carbocycles. The molecule has 1 aromatic rings. The molecule has 0 aromatic carbocycles. The second kappa shape index (κ2) is 15.3. The number of carbonyl (C=O) groups excluding carboxylic acids is 2. The van der Waals surface area contributed by atoms with Crippen LogP contribution in [0.1, 0.15) is 112 Å². The molecule has 27 heavy (non-hydrogen) atoms. The fourth-order valence-electron chi connectivity index (χ4n) is 2.97. The molecular formula is C22H38N2O3. The van der Waals surface area contributed by atoms with Crippen molar-refractivity contribution in [2.75, 3.05) is 13.1 Å². The number of hydrogen-bond donors (Lipinski definition) is 2. The van der Waals surface area contributed by atoms with Gasteiger partial charge in [0.15, 0.2) is 11.5 Å². The Morgan fingerprint density at radius 3 is 1.44 bits per heavy atom. The maximum Gasteiger partial charge on any atom is 0.287 e. The Morgan fingerprint density at radius 1 is 0.667 bits per heavy atom. The van der Waals surface area contributed by atoms with E-state index in [9.17, 15) is 9.59 Å². The second-order valence-electron chi connectivity index (χ2n) is 7.21. The minimum Gasteiger partial charge on any atom is -0.446 e. The number of carbonyl (C=O) groups is 2. The molecule has 0 aliphatic rings. The van der Waals surface area contributed by atoms with E-state index >= 15 is 0 Å². The van der Waals surface area contributed by atoms with E-state index in [1.807, 2.05) is 0 Å². The first-order valence-electron chi connectivity index (χ1n) is 10.8. The van der Waals surface area contributed by atoms with Crippen molar-refractivity contribution in [1.82, 2.24) is 10.6 Å². The van der Waals surface area contributed by atoms with Crippen LogP contribution < -0.4 is 10.6 Å². The average Bonchev–Trinajstić information content (AvgIpc) is 3.16. The molecule has 154 valence electrons. The third kappa shape index (κ3) is 10.8. The van der Waals surface area contributed by atoms with Crippen molar-refractivity contribution in [3.63, 3.8) is 0 Å². The zero-order chi connectivity index (χ0) is 19.7. The Kier molecular flexibility index (Phi) is 13.2. The molecule has 0 radical (unpaired) electrons. The Morgan fingerprint density at radius 2 is 1.04 bits per heavy atom. The summed E-state index contributed by atoms with van der Waals surface area (Å²) in [7, 11) is 0.